The molecular formula is C19H12F6N4O. The van der Waals surface area contributed by atoms with Crippen LogP contribution in [0.15, 0.2) is 69.0 Å². The summed E-state index contributed by atoms with van der Waals surface area (Å²) in [7, 11) is 0. The van der Waals surface area contributed by atoms with Crippen molar-refractivity contribution in [3.63, 3.8) is 0 Å². The van der Waals surface area contributed by atoms with E-state index in [4.69, 9.17) is 0 Å². The summed E-state index contributed by atoms with van der Waals surface area (Å²) in [5.74, 6) is -0.242. The monoisotopic (exact) mass is 426 g/mol. The Morgan fingerprint density at radius 1 is 0.633 bits per heavy atom. The number of hydrogen-bond donors (Lipinski definition) is 0. The first-order valence-corrected chi connectivity index (χ1v) is 8.69. The predicted molar refractivity (Wildman–Crippen MR) is 90.5 cm³/mol. The fourth-order valence-corrected chi connectivity index (χ4v) is 3.11. The molecule has 0 bridgehead atoms. The van der Waals surface area contributed by atoms with Gasteiger partial charge in [-0.3, -0.25) is 4.79 Å². The van der Waals surface area contributed by atoms with E-state index in [0.29, 0.717) is 11.1 Å². The third-order valence-corrected chi connectivity index (χ3v) is 4.91. The standard InChI is InChI=1S/C19H12F6N4O/c20-18(21,22)16(26-27-16)13-5-1-11(2-6-13)9-15(30)10-12-3-7-14(8-4-12)17(28-29-17)19(23,24)25/h1-8H,9-10H2. The zero-order valence-corrected chi connectivity index (χ0v) is 15.0. The smallest absolute Gasteiger partial charge is 0.299 e. The maximum Gasteiger partial charge on any atom is 0.442 e. The number of ketones is 1. The molecule has 2 aromatic carbocycles. The van der Waals surface area contributed by atoms with Gasteiger partial charge in [0.15, 0.2) is 0 Å². The third kappa shape index (κ3) is 3.37. The number of carbonyl (C=O) groups excluding carboxylic acids is 1. The Kier molecular flexibility index (Phi) is 4.33. The molecule has 0 aliphatic carbocycles. The largest absolute Gasteiger partial charge is 0.442 e. The first-order chi connectivity index (χ1) is 14.0. The van der Waals surface area contributed by atoms with Crippen LogP contribution in [-0.4, -0.2) is 18.1 Å². The Hall–Kier alpha value is -3.11. The van der Waals surface area contributed by atoms with Crippen LogP contribution in [0.5, 0.6) is 0 Å². The molecule has 5 nitrogen and oxygen atoms in total. The van der Waals surface area contributed by atoms with Gasteiger partial charge in [0.2, 0.25) is 0 Å². The van der Waals surface area contributed by atoms with Crippen LogP contribution in [0.3, 0.4) is 0 Å². The van der Waals surface area contributed by atoms with E-state index < -0.39 is 23.7 Å². The van der Waals surface area contributed by atoms with E-state index in [2.05, 4.69) is 20.5 Å². The molecule has 0 saturated carbocycles. The lowest BCUT2D eigenvalue weighted by Crippen LogP contribution is -2.30. The Morgan fingerprint density at radius 2 is 0.933 bits per heavy atom. The lowest BCUT2D eigenvalue weighted by atomic mass is 9.96. The van der Waals surface area contributed by atoms with E-state index in [-0.39, 0.29) is 29.8 Å². The van der Waals surface area contributed by atoms with Crippen LogP contribution >= 0.6 is 0 Å². The highest BCUT2D eigenvalue weighted by molar-refractivity contribution is 5.83. The molecule has 2 heterocycles. The third-order valence-electron chi connectivity index (χ3n) is 4.91. The molecule has 0 spiro atoms. The molecule has 156 valence electrons. The van der Waals surface area contributed by atoms with E-state index >= 15 is 0 Å². The van der Waals surface area contributed by atoms with E-state index in [1.54, 1.807) is 0 Å². The van der Waals surface area contributed by atoms with Crippen LogP contribution < -0.4 is 0 Å². The van der Waals surface area contributed by atoms with Gasteiger partial charge in [0, 0.05) is 24.0 Å². The lowest BCUT2D eigenvalue weighted by molar-refractivity contribution is -0.166. The van der Waals surface area contributed by atoms with Gasteiger partial charge < -0.3 is 0 Å². The molecule has 0 N–H and O–H groups in total. The average Bonchev–Trinajstić information content (AvgIpc) is 3.53. The van der Waals surface area contributed by atoms with Crippen LogP contribution in [0.4, 0.5) is 26.3 Å². The molecule has 0 saturated heterocycles. The van der Waals surface area contributed by atoms with Gasteiger partial charge in [0.1, 0.15) is 5.78 Å². The van der Waals surface area contributed by atoms with Crippen LogP contribution in [0.2, 0.25) is 0 Å². The highest BCUT2D eigenvalue weighted by Gasteiger charge is 2.65. The summed E-state index contributed by atoms with van der Waals surface area (Å²) in [6, 6.07) is 10.5. The number of benzene rings is 2. The maximum atomic E-state index is 13.0. The fraction of sp³-hybridized carbons (Fsp3) is 0.316. The molecule has 0 amide bonds. The van der Waals surface area contributed by atoms with Gasteiger partial charge >= 0.3 is 23.7 Å². The van der Waals surface area contributed by atoms with Gasteiger partial charge in [0.25, 0.3) is 0 Å². The average molecular weight is 426 g/mol. The summed E-state index contributed by atoms with van der Waals surface area (Å²) < 4.78 is 77.9. The van der Waals surface area contributed by atoms with Crippen molar-refractivity contribution in [3.05, 3.63) is 70.8 Å². The van der Waals surface area contributed by atoms with Crippen molar-refractivity contribution in [1.29, 1.82) is 0 Å². The molecule has 0 radical (unpaired) electrons. The van der Waals surface area contributed by atoms with Crippen molar-refractivity contribution < 1.29 is 31.1 Å². The minimum absolute atomic E-state index is 0.0352. The number of hydrogen-bond acceptors (Lipinski definition) is 5. The molecule has 11 heteroatoms. The second-order valence-corrected chi connectivity index (χ2v) is 7.03. The number of alkyl halides is 6. The summed E-state index contributed by atoms with van der Waals surface area (Å²) >= 11 is 0. The van der Waals surface area contributed by atoms with Crippen molar-refractivity contribution in [1.82, 2.24) is 0 Å². The molecule has 2 aromatic rings. The molecule has 4 rings (SSSR count). The van der Waals surface area contributed by atoms with Gasteiger partial charge in [-0.05, 0) is 11.1 Å². The minimum Gasteiger partial charge on any atom is -0.299 e. The van der Waals surface area contributed by atoms with Crippen molar-refractivity contribution in [2.75, 3.05) is 0 Å². The number of rotatable bonds is 6. The number of halogens is 6. The van der Waals surface area contributed by atoms with Crippen LogP contribution in [0, 0.1) is 0 Å². The first-order valence-electron chi connectivity index (χ1n) is 8.69. The van der Waals surface area contributed by atoms with Crippen molar-refractivity contribution >= 4 is 5.78 Å². The van der Waals surface area contributed by atoms with Gasteiger partial charge in [-0.25, -0.2) is 0 Å². The van der Waals surface area contributed by atoms with E-state index in [9.17, 15) is 31.1 Å². The second-order valence-electron chi connectivity index (χ2n) is 7.03. The topological polar surface area (TPSA) is 66.5 Å². The number of Topliss-reactive ketones (excluding diaryl/α,β-unsaturated/α-hetero) is 1. The lowest BCUT2D eigenvalue weighted by Gasteiger charge is -2.15. The Bertz CT molecular complexity index is 943. The van der Waals surface area contributed by atoms with Crippen molar-refractivity contribution in [2.45, 2.75) is 36.5 Å². The zero-order chi connectivity index (χ0) is 21.8. The minimum atomic E-state index is -4.62. The normalized spacial score (nSPS) is 18.3. The fourth-order valence-electron chi connectivity index (χ4n) is 3.11. The van der Waals surface area contributed by atoms with Gasteiger partial charge in [-0.2, -0.15) is 26.3 Å². The molecule has 2 aliphatic rings. The molecule has 0 unspecified atom stereocenters. The SMILES string of the molecule is O=C(Cc1ccc(C2(C(F)(F)F)N=N2)cc1)Cc1ccc(C2(C(F)(F)F)N=N2)cc1. The van der Waals surface area contributed by atoms with E-state index in [1.807, 2.05) is 0 Å². The van der Waals surface area contributed by atoms with E-state index in [0.717, 1.165) is 0 Å². The second kappa shape index (κ2) is 6.44. The summed E-state index contributed by atoms with van der Waals surface area (Å²) in [4.78, 5) is 12.3. The van der Waals surface area contributed by atoms with E-state index in [1.165, 1.54) is 48.5 Å². The molecule has 0 aromatic heterocycles. The predicted octanol–water partition coefficient (Wildman–Crippen LogP) is 5.40. The zero-order valence-electron chi connectivity index (χ0n) is 15.0. The molecular weight excluding hydrogens is 414 g/mol. The summed E-state index contributed by atoms with van der Waals surface area (Å²) in [6.07, 6.45) is -9.32. The van der Waals surface area contributed by atoms with Gasteiger partial charge in [-0.15, -0.1) is 20.5 Å². The Balaban J connectivity index is 1.37. The molecule has 0 fully saturated rings. The maximum absolute atomic E-state index is 13.0. The Labute approximate surface area is 165 Å². The first kappa shape index (κ1) is 20.2. The number of nitrogens with zero attached hydrogens (tertiary/aromatic N) is 4. The molecule has 2 aliphatic heterocycles. The van der Waals surface area contributed by atoms with Crippen LogP contribution in [0.25, 0.3) is 0 Å². The molecule has 0 atom stereocenters. The number of carbonyl (C=O) groups is 1. The highest BCUT2D eigenvalue weighted by Crippen LogP contribution is 2.53. The highest BCUT2D eigenvalue weighted by atomic mass is 19.4. The summed E-state index contributed by atoms with van der Waals surface area (Å²) in [5, 5.41) is 12.5. The molecule has 30 heavy (non-hydrogen) atoms. The quantitative estimate of drug-likeness (QED) is 0.570. The van der Waals surface area contributed by atoms with Crippen molar-refractivity contribution in [3.8, 4) is 0 Å². The van der Waals surface area contributed by atoms with Gasteiger partial charge in [0.05, 0.1) is 0 Å². The summed E-state index contributed by atoms with van der Waals surface area (Å²) in [6.45, 7) is 0. The van der Waals surface area contributed by atoms with Crippen molar-refractivity contribution in [2.24, 2.45) is 20.5 Å². The van der Waals surface area contributed by atoms with Crippen LogP contribution in [-0.2, 0) is 29.0 Å². The van der Waals surface area contributed by atoms with Gasteiger partial charge in [-0.1, -0.05) is 48.5 Å². The summed E-state index contributed by atoms with van der Waals surface area (Å²) in [5.41, 5.74) is -4.27. The van der Waals surface area contributed by atoms with Crippen LogP contribution in [0.1, 0.15) is 22.3 Å². The Morgan fingerprint density at radius 3 is 1.17 bits per heavy atom.